The van der Waals surface area contributed by atoms with Gasteiger partial charge in [-0.1, -0.05) is 64.5 Å². The summed E-state index contributed by atoms with van der Waals surface area (Å²) < 4.78 is 25.1. The Labute approximate surface area is 173 Å². The number of carbonyl (C=O) groups is 1. The van der Waals surface area contributed by atoms with Crippen LogP contribution in [0.3, 0.4) is 0 Å². The maximum atomic E-state index is 13.6. The molecule has 4 rings (SSSR count). The van der Waals surface area contributed by atoms with Crippen LogP contribution in [-0.4, -0.2) is 36.8 Å². The number of rotatable bonds is 4. The fourth-order valence-corrected chi connectivity index (χ4v) is 5.96. The van der Waals surface area contributed by atoms with Crippen molar-refractivity contribution in [2.24, 2.45) is 0 Å². The van der Waals surface area contributed by atoms with E-state index in [2.05, 4.69) is 15.9 Å². The monoisotopic (exact) mass is 457 g/mol. The average molecular weight is 458 g/mol. The molecule has 1 fully saturated rings. The maximum absolute atomic E-state index is 13.6. The molecule has 4 nitrogen and oxygen atoms in total. The minimum absolute atomic E-state index is 0.0253. The van der Waals surface area contributed by atoms with E-state index >= 15 is 0 Å². The van der Waals surface area contributed by atoms with Crippen molar-refractivity contribution < 1.29 is 13.2 Å². The lowest BCUT2D eigenvalue weighted by Gasteiger charge is -2.29. The molecule has 0 N–H and O–H groups in total. The van der Waals surface area contributed by atoms with Gasteiger partial charge in [-0.05, 0) is 41.0 Å². The average Bonchev–Trinajstić information content (AvgIpc) is 3.04. The molecule has 3 aromatic carbocycles. The second-order valence-corrected chi connectivity index (χ2v) is 10.3. The van der Waals surface area contributed by atoms with Crippen LogP contribution in [0.25, 0.3) is 10.8 Å². The lowest BCUT2D eigenvalue weighted by Crippen LogP contribution is -2.40. The highest BCUT2D eigenvalue weighted by Crippen LogP contribution is 2.26. The van der Waals surface area contributed by atoms with Gasteiger partial charge in [0, 0.05) is 22.6 Å². The Bertz CT molecular complexity index is 1140. The van der Waals surface area contributed by atoms with Gasteiger partial charge in [-0.2, -0.15) is 0 Å². The Morgan fingerprint density at radius 1 is 1.04 bits per heavy atom. The number of sulfone groups is 1. The van der Waals surface area contributed by atoms with Crippen LogP contribution in [0.15, 0.2) is 71.2 Å². The van der Waals surface area contributed by atoms with Gasteiger partial charge in [0.1, 0.15) is 0 Å². The summed E-state index contributed by atoms with van der Waals surface area (Å²) >= 11 is 3.47. The molecule has 1 aliphatic heterocycles. The molecule has 1 amide bonds. The molecule has 6 heteroatoms. The molecule has 0 spiro atoms. The largest absolute Gasteiger partial charge is 0.330 e. The summed E-state index contributed by atoms with van der Waals surface area (Å²) in [6.45, 7) is 0.377. The number of hydrogen-bond donors (Lipinski definition) is 0. The van der Waals surface area contributed by atoms with Gasteiger partial charge in [-0.15, -0.1) is 0 Å². The minimum atomic E-state index is -3.10. The Morgan fingerprint density at radius 3 is 2.54 bits per heavy atom. The van der Waals surface area contributed by atoms with Gasteiger partial charge in [0.05, 0.1) is 11.5 Å². The zero-order chi connectivity index (χ0) is 19.7. The Hall–Kier alpha value is -2.18. The molecule has 1 atom stereocenters. The van der Waals surface area contributed by atoms with E-state index in [1.165, 1.54) is 0 Å². The summed E-state index contributed by atoms with van der Waals surface area (Å²) in [7, 11) is -3.10. The van der Waals surface area contributed by atoms with Crippen LogP contribution in [0.5, 0.6) is 0 Å². The van der Waals surface area contributed by atoms with Crippen molar-refractivity contribution in [1.82, 2.24) is 4.90 Å². The SMILES string of the molecule is O=C(c1cccc2ccccc12)N(Cc1cccc(Br)c1)C1CCS(=O)(=O)C1. The summed E-state index contributed by atoms with van der Waals surface area (Å²) in [4.78, 5) is 15.3. The third-order valence-corrected chi connectivity index (χ3v) is 7.42. The molecule has 0 saturated carbocycles. The highest BCUT2D eigenvalue weighted by molar-refractivity contribution is 9.10. The number of fused-ring (bicyclic) bond motifs is 1. The van der Waals surface area contributed by atoms with E-state index in [4.69, 9.17) is 0 Å². The Kier molecular flexibility index (Phi) is 5.25. The third kappa shape index (κ3) is 3.98. The van der Waals surface area contributed by atoms with Gasteiger partial charge in [-0.25, -0.2) is 8.42 Å². The number of halogens is 1. The number of nitrogens with zero attached hydrogens (tertiary/aromatic N) is 1. The van der Waals surface area contributed by atoms with E-state index in [1.54, 1.807) is 4.90 Å². The highest BCUT2D eigenvalue weighted by Gasteiger charge is 2.35. The Balaban J connectivity index is 1.74. The quantitative estimate of drug-likeness (QED) is 0.581. The molecule has 0 aromatic heterocycles. The molecule has 144 valence electrons. The summed E-state index contributed by atoms with van der Waals surface area (Å²) in [6, 6.07) is 20.9. The van der Waals surface area contributed by atoms with Crippen LogP contribution in [-0.2, 0) is 16.4 Å². The van der Waals surface area contributed by atoms with E-state index < -0.39 is 9.84 Å². The van der Waals surface area contributed by atoms with Crippen molar-refractivity contribution in [2.75, 3.05) is 11.5 Å². The molecule has 1 unspecified atom stereocenters. The van der Waals surface area contributed by atoms with Crippen molar-refractivity contribution in [3.05, 3.63) is 82.3 Å². The highest BCUT2D eigenvalue weighted by atomic mass is 79.9. The van der Waals surface area contributed by atoms with Crippen molar-refractivity contribution >= 4 is 42.4 Å². The van der Waals surface area contributed by atoms with E-state index in [0.717, 1.165) is 20.8 Å². The van der Waals surface area contributed by atoms with Gasteiger partial charge in [0.25, 0.3) is 5.91 Å². The van der Waals surface area contributed by atoms with Gasteiger partial charge in [0.15, 0.2) is 9.84 Å². The summed E-state index contributed by atoms with van der Waals surface area (Å²) in [5.41, 5.74) is 1.57. The number of hydrogen-bond acceptors (Lipinski definition) is 3. The second kappa shape index (κ2) is 7.68. The molecule has 1 aliphatic rings. The minimum Gasteiger partial charge on any atom is -0.330 e. The summed E-state index contributed by atoms with van der Waals surface area (Å²) in [5.74, 6) is 0.0337. The molecule has 0 radical (unpaired) electrons. The van der Waals surface area contributed by atoms with Gasteiger partial charge >= 0.3 is 0 Å². The fourth-order valence-electron chi connectivity index (χ4n) is 3.79. The molecule has 1 saturated heterocycles. The predicted octanol–water partition coefficient (Wildman–Crippen LogP) is 4.43. The standard InChI is InChI=1S/C22H20BrNO3S/c23-18-8-3-5-16(13-18)14-24(19-11-12-28(26,27)15-19)22(25)21-10-4-7-17-6-1-2-9-20(17)21/h1-10,13,19H,11-12,14-15H2. The summed E-state index contributed by atoms with van der Waals surface area (Å²) in [5, 5.41) is 1.88. The number of benzene rings is 3. The van der Waals surface area contributed by atoms with Crippen LogP contribution in [0.1, 0.15) is 22.3 Å². The number of amides is 1. The second-order valence-electron chi connectivity index (χ2n) is 7.15. The fraction of sp³-hybridized carbons (Fsp3) is 0.227. The zero-order valence-electron chi connectivity index (χ0n) is 15.2. The molecule has 3 aromatic rings. The van der Waals surface area contributed by atoms with Crippen molar-refractivity contribution in [3.63, 3.8) is 0 Å². The van der Waals surface area contributed by atoms with E-state index in [-0.39, 0.29) is 23.5 Å². The van der Waals surface area contributed by atoms with Crippen molar-refractivity contribution in [3.8, 4) is 0 Å². The van der Waals surface area contributed by atoms with Crippen LogP contribution >= 0.6 is 15.9 Å². The first-order chi connectivity index (χ1) is 13.4. The molecule has 0 aliphatic carbocycles. The molecule has 0 bridgehead atoms. The van der Waals surface area contributed by atoms with Crippen molar-refractivity contribution in [2.45, 2.75) is 19.0 Å². The van der Waals surface area contributed by atoms with Crippen LogP contribution in [0.2, 0.25) is 0 Å². The predicted molar refractivity (Wildman–Crippen MR) is 115 cm³/mol. The third-order valence-electron chi connectivity index (χ3n) is 5.17. The van der Waals surface area contributed by atoms with E-state index in [0.29, 0.717) is 18.5 Å². The molecular formula is C22H20BrNO3S. The van der Waals surface area contributed by atoms with Gasteiger partial charge in [0.2, 0.25) is 0 Å². The first-order valence-corrected chi connectivity index (χ1v) is 11.8. The lowest BCUT2D eigenvalue weighted by atomic mass is 10.0. The number of carbonyl (C=O) groups excluding carboxylic acids is 1. The molecular weight excluding hydrogens is 438 g/mol. The topological polar surface area (TPSA) is 54.5 Å². The summed E-state index contributed by atoms with van der Waals surface area (Å²) in [6.07, 6.45) is 0.479. The first kappa shape index (κ1) is 19.2. The normalized spacial score (nSPS) is 18.2. The van der Waals surface area contributed by atoms with Gasteiger partial charge in [-0.3, -0.25) is 4.79 Å². The van der Waals surface area contributed by atoms with Crippen LogP contribution < -0.4 is 0 Å². The maximum Gasteiger partial charge on any atom is 0.255 e. The van der Waals surface area contributed by atoms with Gasteiger partial charge < -0.3 is 4.90 Å². The van der Waals surface area contributed by atoms with Crippen molar-refractivity contribution in [1.29, 1.82) is 0 Å². The van der Waals surface area contributed by atoms with E-state index in [1.807, 2.05) is 66.7 Å². The zero-order valence-corrected chi connectivity index (χ0v) is 17.6. The molecule has 28 heavy (non-hydrogen) atoms. The van der Waals surface area contributed by atoms with Crippen LogP contribution in [0, 0.1) is 0 Å². The lowest BCUT2D eigenvalue weighted by molar-refractivity contribution is 0.0683. The van der Waals surface area contributed by atoms with E-state index in [9.17, 15) is 13.2 Å². The Morgan fingerprint density at radius 2 is 1.79 bits per heavy atom. The van der Waals surface area contributed by atoms with Crippen LogP contribution in [0.4, 0.5) is 0 Å². The first-order valence-electron chi connectivity index (χ1n) is 9.16. The smallest absolute Gasteiger partial charge is 0.255 e. The molecule has 1 heterocycles.